The number of nitrogens with one attached hydrogen (secondary N) is 1. The lowest BCUT2D eigenvalue weighted by atomic mass is 9.86. The summed E-state index contributed by atoms with van der Waals surface area (Å²) in [6.07, 6.45) is 5.30. The summed E-state index contributed by atoms with van der Waals surface area (Å²) in [6, 6.07) is 0.241. The second kappa shape index (κ2) is 8.30. The van der Waals surface area contributed by atoms with Crippen LogP contribution in [0.1, 0.15) is 37.0 Å². The summed E-state index contributed by atoms with van der Waals surface area (Å²) >= 11 is 0. The van der Waals surface area contributed by atoms with Gasteiger partial charge in [0.05, 0.1) is 25.9 Å². The Morgan fingerprint density at radius 3 is 2.71 bits per heavy atom. The van der Waals surface area contributed by atoms with Gasteiger partial charge in [-0.05, 0) is 18.8 Å². The summed E-state index contributed by atoms with van der Waals surface area (Å²) in [4.78, 5) is 29.6. The second-order valence-corrected chi connectivity index (χ2v) is 7.68. The highest BCUT2D eigenvalue weighted by Crippen LogP contribution is 2.31. The SMILES string of the molecule is O=c1[nH]c(=O)n([C@H]2C[C@H](O)[C@@H](CO)O2)cc1[C@H]1CC=C[C@H](N2CCOCC2)C1. The Balaban J connectivity index is 1.57. The summed E-state index contributed by atoms with van der Waals surface area (Å²) in [5.41, 5.74) is -0.395. The zero-order valence-electron chi connectivity index (χ0n) is 15.7. The lowest BCUT2D eigenvalue weighted by Gasteiger charge is -2.36. The first kappa shape index (κ1) is 19.5. The minimum absolute atomic E-state index is 0.00610. The minimum Gasteiger partial charge on any atom is -0.394 e. The smallest absolute Gasteiger partial charge is 0.330 e. The maximum absolute atomic E-state index is 12.5. The molecule has 4 rings (SSSR count). The number of hydrogen-bond acceptors (Lipinski definition) is 7. The molecule has 0 bridgehead atoms. The summed E-state index contributed by atoms with van der Waals surface area (Å²) in [6.45, 7) is 2.85. The molecule has 1 aromatic rings. The summed E-state index contributed by atoms with van der Waals surface area (Å²) in [5.74, 6) is -0.00610. The van der Waals surface area contributed by atoms with Gasteiger partial charge in [-0.3, -0.25) is 19.2 Å². The van der Waals surface area contributed by atoms with Crippen molar-refractivity contribution in [1.29, 1.82) is 0 Å². The molecule has 0 spiro atoms. The van der Waals surface area contributed by atoms with Crippen molar-refractivity contribution in [2.75, 3.05) is 32.9 Å². The monoisotopic (exact) mass is 393 g/mol. The molecule has 2 saturated heterocycles. The largest absolute Gasteiger partial charge is 0.394 e. The van der Waals surface area contributed by atoms with Crippen LogP contribution in [0.2, 0.25) is 0 Å². The van der Waals surface area contributed by atoms with E-state index in [0.717, 1.165) is 25.9 Å². The van der Waals surface area contributed by atoms with Crippen molar-refractivity contribution in [2.24, 2.45) is 0 Å². The number of rotatable bonds is 4. The molecule has 3 N–H and O–H groups in total. The molecular formula is C19H27N3O6. The first-order valence-corrected chi connectivity index (χ1v) is 9.85. The molecule has 3 aliphatic rings. The van der Waals surface area contributed by atoms with Crippen molar-refractivity contribution < 1.29 is 19.7 Å². The van der Waals surface area contributed by atoms with Gasteiger partial charge in [0.15, 0.2) is 0 Å². The average molecular weight is 393 g/mol. The topological polar surface area (TPSA) is 117 Å². The Hall–Kier alpha value is -1.78. The maximum atomic E-state index is 12.5. The van der Waals surface area contributed by atoms with Crippen molar-refractivity contribution in [1.82, 2.24) is 14.5 Å². The lowest BCUT2D eigenvalue weighted by Crippen LogP contribution is -2.44. The van der Waals surface area contributed by atoms with Crippen molar-refractivity contribution in [3.05, 3.63) is 44.8 Å². The highest BCUT2D eigenvalue weighted by atomic mass is 16.5. The van der Waals surface area contributed by atoms with Gasteiger partial charge in [0.25, 0.3) is 5.56 Å². The minimum atomic E-state index is -0.847. The van der Waals surface area contributed by atoms with E-state index in [1.807, 2.05) is 0 Å². The van der Waals surface area contributed by atoms with E-state index in [1.54, 1.807) is 6.20 Å². The molecule has 2 fully saturated rings. The van der Waals surface area contributed by atoms with Crippen LogP contribution in [0.4, 0.5) is 0 Å². The molecule has 3 heterocycles. The third-order valence-corrected chi connectivity index (χ3v) is 5.95. The molecule has 0 saturated carbocycles. The molecular weight excluding hydrogens is 366 g/mol. The van der Waals surface area contributed by atoms with E-state index in [1.165, 1.54) is 4.57 Å². The lowest BCUT2D eigenvalue weighted by molar-refractivity contribution is -0.0460. The van der Waals surface area contributed by atoms with Gasteiger partial charge in [-0.25, -0.2) is 4.79 Å². The number of aromatic amines is 1. The summed E-state index contributed by atoms with van der Waals surface area (Å²) < 4.78 is 12.3. The number of aromatic nitrogens is 2. The Bertz CT molecular complexity index is 828. The van der Waals surface area contributed by atoms with Gasteiger partial charge in [0.1, 0.15) is 12.3 Å². The number of hydrogen-bond donors (Lipinski definition) is 3. The summed E-state index contributed by atoms with van der Waals surface area (Å²) in [7, 11) is 0. The number of aliphatic hydroxyl groups is 2. The number of morpholine rings is 1. The fraction of sp³-hybridized carbons (Fsp3) is 0.684. The van der Waals surface area contributed by atoms with Crippen LogP contribution in [0, 0.1) is 0 Å². The Kier molecular flexibility index (Phi) is 5.79. The van der Waals surface area contributed by atoms with Gasteiger partial charge >= 0.3 is 5.69 Å². The Morgan fingerprint density at radius 1 is 1.21 bits per heavy atom. The van der Waals surface area contributed by atoms with Crippen LogP contribution in [-0.2, 0) is 9.47 Å². The van der Waals surface area contributed by atoms with Crippen LogP contribution in [0.15, 0.2) is 27.9 Å². The molecule has 0 amide bonds. The molecule has 2 aliphatic heterocycles. The first-order valence-electron chi connectivity index (χ1n) is 9.85. The van der Waals surface area contributed by atoms with E-state index in [4.69, 9.17) is 9.47 Å². The van der Waals surface area contributed by atoms with Crippen LogP contribution in [-0.4, -0.2) is 75.8 Å². The first-order chi connectivity index (χ1) is 13.6. The van der Waals surface area contributed by atoms with Gasteiger partial charge in [0.2, 0.25) is 0 Å². The van der Waals surface area contributed by atoms with Crippen LogP contribution >= 0.6 is 0 Å². The molecule has 9 nitrogen and oxygen atoms in total. The molecule has 1 aromatic heterocycles. The predicted molar refractivity (Wildman–Crippen MR) is 100 cm³/mol. The third kappa shape index (κ3) is 3.85. The standard InChI is InChI=1S/C19H27N3O6/c23-11-16-15(24)9-17(28-16)22-10-14(18(25)20-19(22)26)12-2-1-3-13(8-12)21-4-6-27-7-5-21/h1,3,10,12-13,15-17,23-24H,2,4-9,11H2,(H,20,25,26)/t12-,13-,15-,16+,17+/m0/s1. The molecule has 154 valence electrons. The normalized spacial score (nSPS) is 34.0. The molecule has 0 unspecified atom stereocenters. The zero-order valence-corrected chi connectivity index (χ0v) is 15.7. The second-order valence-electron chi connectivity index (χ2n) is 7.68. The third-order valence-electron chi connectivity index (χ3n) is 5.95. The highest BCUT2D eigenvalue weighted by Gasteiger charge is 2.35. The van der Waals surface area contributed by atoms with Gasteiger partial charge in [-0.1, -0.05) is 12.2 Å². The Morgan fingerprint density at radius 2 is 2.00 bits per heavy atom. The van der Waals surface area contributed by atoms with Crippen LogP contribution in [0.5, 0.6) is 0 Å². The van der Waals surface area contributed by atoms with Gasteiger partial charge in [0, 0.05) is 37.3 Å². The highest BCUT2D eigenvalue weighted by molar-refractivity contribution is 5.18. The number of nitrogens with zero attached hydrogens (tertiary/aromatic N) is 2. The Labute approximate surface area is 162 Å². The van der Waals surface area contributed by atoms with Gasteiger partial charge < -0.3 is 19.7 Å². The van der Waals surface area contributed by atoms with E-state index < -0.39 is 24.1 Å². The van der Waals surface area contributed by atoms with Crippen LogP contribution in [0.25, 0.3) is 0 Å². The molecule has 9 heteroatoms. The molecule has 5 atom stereocenters. The molecule has 28 heavy (non-hydrogen) atoms. The molecule has 0 aromatic carbocycles. The van der Waals surface area contributed by atoms with E-state index >= 15 is 0 Å². The van der Waals surface area contributed by atoms with Gasteiger partial charge in [-0.2, -0.15) is 0 Å². The maximum Gasteiger partial charge on any atom is 0.330 e. The van der Waals surface area contributed by atoms with Crippen LogP contribution < -0.4 is 11.2 Å². The zero-order chi connectivity index (χ0) is 19.7. The van der Waals surface area contributed by atoms with Crippen LogP contribution in [0.3, 0.4) is 0 Å². The fourth-order valence-corrected chi connectivity index (χ4v) is 4.36. The van der Waals surface area contributed by atoms with E-state index in [-0.39, 0.29) is 30.5 Å². The van der Waals surface area contributed by atoms with E-state index in [9.17, 15) is 19.8 Å². The number of ether oxygens (including phenoxy) is 2. The van der Waals surface area contributed by atoms with Crippen molar-refractivity contribution in [3.8, 4) is 0 Å². The van der Waals surface area contributed by atoms with E-state index in [2.05, 4.69) is 22.0 Å². The van der Waals surface area contributed by atoms with Gasteiger partial charge in [-0.15, -0.1) is 0 Å². The van der Waals surface area contributed by atoms with Crippen molar-refractivity contribution in [2.45, 2.75) is 49.7 Å². The number of allylic oxidation sites excluding steroid dienone is 1. The average Bonchev–Trinajstić information content (AvgIpc) is 3.09. The summed E-state index contributed by atoms with van der Waals surface area (Å²) in [5, 5.41) is 19.2. The number of H-pyrrole nitrogens is 1. The number of aliphatic hydroxyl groups excluding tert-OH is 2. The quantitative estimate of drug-likeness (QED) is 0.580. The van der Waals surface area contributed by atoms with Crippen molar-refractivity contribution >= 4 is 0 Å². The fourth-order valence-electron chi connectivity index (χ4n) is 4.36. The predicted octanol–water partition coefficient (Wildman–Crippen LogP) is -0.688. The molecule has 0 radical (unpaired) electrons. The van der Waals surface area contributed by atoms with E-state index in [0.29, 0.717) is 18.8 Å². The molecule has 1 aliphatic carbocycles. The van der Waals surface area contributed by atoms with Crippen molar-refractivity contribution in [3.63, 3.8) is 0 Å².